The van der Waals surface area contributed by atoms with Crippen LogP contribution in [0.4, 0.5) is 15.8 Å². The first-order valence-corrected chi connectivity index (χ1v) is 14.2. The number of amides is 1. The maximum absolute atomic E-state index is 13.3. The van der Waals surface area contributed by atoms with Gasteiger partial charge in [0.15, 0.2) is 5.78 Å². The highest BCUT2D eigenvalue weighted by molar-refractivity contribution is 6.12. The van der Waals surface area contributed by atoms with E-state index >= 15 is 0 Å². The van der Waals surface area contributed by atoms with Crippen molar-refractivity contribution in [1.29, 1.82) is 0 Å². The Labute approximate surface area is 251 Å². The quantitative estimate of drug-likeness (QED) is 0.104. The largest absolute Gasteiger partial charge is 0.494 e. The zero-order valence-electron chi connectivity index (χ0n) is 24.3. The van der Waals surface area contributed by atoms with Crippen LogP contribution in [0.25, 0.3) is 0 Å². The van der Waals surface area contributed by atoms with Gasteiger partial charge in [0.1, 0.15) is 17.6 Å². The number of anilines is 2. The number of ketones is 1. The average molecular weight is 583 g/mol. The summed E-state index contributed by atoms with van der Waals surface area (Å²) in [6, 6.07) is 28.6. The van der Waals surface area contributed by atoms with E-state index in [0.29, 0.717) is 60.7 Å². The van der Waals surface area contributed by atoms with Gasteiger partial charge in [-0.2, -0.15) is 0 Å². The van der Waals surface area contributed by atoms with Crippen molar-refractivity contribution in [3.8, 4) is 5.75 Å². The second-order valence-electron chi connectivity index (χ2n) is 9.89. The van der Waals surface area contributed by atoms with Crippen LogP contribution in [0.3, 0.4) is 0 Å². The van der Waals surface area contributed by atoms with Gasteiger partial charge in [-0.15, -0.1) is 0 Å². The molecule has 7 nitrogen and oxygen atoms in total. The summed E-state index contributed by atoms with van der Waals surface area (Å²) in [5.74, 6) is -0.337. The summed E-state index contributed by atoms with van der Waals surface area (Å²) in [5.41, 5.74) is 3.09. The molecule has 4 aromatic carbocycles. The summed E-state index contributed by atoms with van der Waals surface area (Å²) in [4.78, 5) is 39.9. The van der Waals surface area contributed by atoms with E-state index in [2.05, 4.69) is 5.32 Å². The lowest BCUT2D eigenvalue weighted by molar-refractivity contribution is -0.141. The van der Waals surface area contributed by atoms with Crippen LogP contribution in [-0.4, -0.2) is 44.0 Å². The maximum Gasteiger partial charge on any atom is 0.328 e. The molecular formula is C35H35FN2O5. The van der Waals surface area contributed by atoms with Crippen molar-refractivity contribution in [3.05, 3.63) is 126 Å². The molecule has 4 rings (SSSR count). The lowest BCUT2D eigenvalue weighted by Crippen LogP contribution is -2.33. The number of rotatable bonds is 14. The van der Waals surface area contributed by atoms with Gasteiger partial charge in [0.05, 0.1) is 13.7 Å². The zero-order chi connectivity index (χ0) is 30.6. The Morgan fingerprint density at radius 3 is 2.21 bits per heavy atom. The molecule has 0 fully saturated rings. The molecule has 0 spiro atoms. The van der Waals surface area contributed by atoms with E-state index in [0.717, 1.165) is 5.56 Å². The third kappa shape index (κ3) is 8.52. The molecule has 0 aliphatic carbocycles. The summed E-state index contributed by atoms with van der Waals surface area (Å²) < 4.78 is 24.3. The lowest BCUT2D eigenvalue weighted by atomic mass is 10.00. The molecule has 0 saturated carbocycles. The number of hydrogen-bond donors (Lipinski definition) is 1. The molecule has 0 aliphatic heterocycles. The molecule has 8 heteroatoms. The van der Waals surface area contributed by atoms with Gasteiger partial charge in [-0.05, 0) is 60.5 Å². The molecule has 4 aromatic rings. The highest BCUT2D eigenvalue weighted by atomic mass is 19.1. The third-order valence-corrected chi connectivity index (χ3v) is 6.92. The van der Waals surface area contributed by atoms with Gasteiger partial charge in [0.2, 0.25) is 5.91 Å². The zero-order valence-corrected chi connectivity index (χ0v) is 24.3. The van der Waals surface area contributed by atoms with Gasteiger partial charge in [0.25, 0.3) is 0 Å². The van der Waals surface area contributed by atoms with Gasteiger partial charge in [-0.1, -0.05) is 61.5 Å². The van der Waals surface area contributed by atoms with E-state index in [-0.39, 0.29) is 17.5 Å². The Morgan fingerprint density at radius 2 is 1.53 bits per heavy atom. The predicted molar refractivity (Wildman–Crippen MR) is 165 cm³/mol. The molecule has 0 unspecified atom stereocenters. The Morgan fingerprint density at radius 1 is 0.860 bits per heavy atom. The van der Waals surface area contributed by atoms with Crippen molar-refractivity contribution in [2.24, 2.45) is 0 Å². The van der Waals surface area contributed by atoms with E-state index < -0.39 is 12.0 Å². The minimum atomic E-state index is -0.727. The molecule has 0 bridgehead atoms. The summed E-state index contributed by atoms with van der Waals surface area (Å²) in [6.07, 6.45) is 1.25. The number of carbonyl (C=O) groups is 3. The summed E-state index contributed by atoms with van der Waals surface area (Å²) >= 11 is 0. The number of benzene rings is 4. The number of halogens is 1. The van der Waals surface area contributed by atoms with Gasteiger partial charge in [-0.3, -0.25) is 9.59 Å². The fourth-order valence-corrected chi connectivity index (χ4v) is 4.66. The minimum absolute atomic E-state index is 0.0446. The van der Waals surface area contributed by atoms with Crippen LogP contribution in [0.1, 0.15) is 41.3 Å². The fourth-order valence-electron chi connectivity index (χ4n) is 4.66. The molecule has 0 radical (unpaired) electrons. The summed E-state index contributed by atoms with van der Waals surface area (Å²) in [7, 11) is 1.33. The van der Waals surface area contributed by atoms with Crippen LogP contribution >= 0.6 is 0 Å². The maximum atomic E-state index is 13.3. The van der Waals surface area contributed by atoms with E-state index in [1.165, 1.54) is 19.2 Å². The van der Waals surface area contributed by atoms with Crippen molar-refractivity contribution in [1.82, 2.24) is 0 Å². The van der Waals surface area contributed by atoms with Crippen molar-refractivity contribution in [3.63, 3.8) is 0 Å². The van der Waals surface area contributed by atoms with Crippen LogP contribution in [0.5, 0.6) is 5.75 Å². The first-order valence-electron chi connectivity index (χ1n) is 14.2. The smallest absolute Gasteiger partial charge is 0.328 e. The number of carbonyl (C=O) groups excluding carboxylic acids is 3. The second-order valence-corrected chi connectivity index (χ2v) is 9.89. The number of esters is 1. The first-order chi connectivity index (χ1) is 20.9. The highest BCUT2D eigenvalue weighted by Gasteiger charge is 2.23. The van der Waals surface area contributed by atoms with Gasteiger partial charge >= 0.3 is 5.97 Å². The number of methoxy groups -OCH3 is 1. The molecule has 0 aromatic heterocycles. The van der Waals surface area contributed by atoms with Gasteiger partial charge in [0, 0.05) is 41.9 Å². The lowest BCUT2D eigenvalue weighted by Gasteiger charge is -2.22. The molecule has 0 heterocycles. The highest BCUT2D eigenvalue weighted by Crippen LogP contribution is 2.23. The number of nitrogens with zero attached hydrogens (tertiary/aromatic N) is 1. The minimum Gasteiger partial charge on any atom is -0.494 e. The molecule has 1 N–H and O–H groups in total. The van der Waals surface area contributed by atoms with E-state index in [4.69, 9.17) is 9.47 Å². The number of para-hydroxylation sites is 1. The molecule has 0 saturated heterocycles. The third-order valence-electron chi connectivity index (χ3n) is 6.92. The normalized spacial score (nSPS) is 11.3. The molecule has 0 aliphatic rings. The first kappa shape index (κ1) is 31.0. The van der Waals surface area contributed by atoms with Crippen molar-refractivity contribution >= 4 is 29.0 Å². The van der Waals surface area contributed by atoms with E-state index in [1.807, 2.05) is 48.5 Å². The molecular weight excluding hydrogens is 547 g/mol. The summed E-state index contributed by atoms with van der Waals surface area (Å²) in [6.45, 7) is 2.62. The van der Waals surface area contributed by atoms with E-state index in [9.17, 15) is 18.8 Å². The van der Waals surface area contributed by atoms with Crippen molar-refractivity contribution < 1.29 is 28.2 Å². The monoisotopic (exact) mass is 582 g/mol. The van der Waals surface area contributed by atoms with Crippen LogP contribution < -0.4 is 15.0 Å². The molecule has 222 valence electrons. The van der Waals surface area contributed by atoms with Crippen LogP contribution in [0, 0.1) is 5.82 Å². The van der Waals surface area contributed by atoms with Crippen molar-refractivity contribution in [2.75, 3.05) is 30.5 Å². The van der Waals surface area contributed by atoms with E-state index in [1.54, 1.807) is 54.3 Å². The van der Waals surface area contributed by atoms with Gasteiger partial charge in [-0.25, -0.2) is 9.18 Å². The van der Waals surface area contributed by atoms with Crippen LogP contribution in [0.2, 0.25) is 0 Å². The number of hydrogen-bond acceptors (Lipinski definition) is 6. The number of nitrogens with one attached hydrogen (secondary N) is 1. The Bertz CT molecular complexity index is 1510. The summed E-state index contributed by atoms with van der Waals surface area (Å²) in [5, 5.41) is 3.22. The number of ether oxygens (including phenoxy) is 2. The van der Waals surface area contributed by atoms with Crippen molar-refractivity contribution in [2.45, 2.75) is 32.2 Å². The standard InChI is InChI=1S/C35H35FN2O5/c1-3-33(39)38(28-18-16-27(36)17-19-28)22-9-23-43-29-20-14-25(15-21-29)24-32(35(41)42-2)37-31-13-8-7-12-30(31)34(40)26-10-5-4-6-11-26/h4-8,10-21,32,37H,3,9,22-24H2,1-2H3/t32-/m0/s1. The van der Waals surface area contributed by atoms with Crippen LogP contribution in [0.15, 0.2) is 103 Å². The topological polar surface area (TPSA) is 84.9 Å². The Balaban J connectivity index is 1.36. The second kappa shape index (κ2) is 15.3. The molecule has 43 heavy (non-hydrogen) atoms. The SMILES string of the molecule is CCC(=O)N(CCCOc1ccc(C[C@H](Nc2ccccc2C(=O)c2ccccc2)C(=O)OC)cc1)c1ccc(F)cc1. The predicted octanol–water partition coefficient (Wildman–Crippen LogP) is 6.47. The van der Waals surface area contributed by atoms with Gasteiger partial charge < -0.3 is 19.7 Å². The Kier molecular flexibility index (Phi) is 11.0. The molecule has 1 amide bonds. The fraction of sp³-hybridized carbons (Fsp3) is 0.229. The Hall–Kier alpha value is -4.98. The average Bonchev–Trinajstić information content (AvgIpc) is 3.05. The molecule has 1 atom stereocenters. The van der Waals surface area contributed by atoms with Crippen LogP contribution in [-0.2, 0) is 20.7 Å².